The molecule has 0 aliphatic heterocycles. The minimum Gasteiger partial charge on any atom is -0.481 e. The van der Waals surface area contributed by atoms with Crippen molar-refractivity contribution in [2.45, 2.75) is 13.3 Å². The third kappa shape index (κ3) is 3.89. The number of anilines is 1. The summed E-state index contributed by atoms with van der Waals surface area (Å²) in [4.78, 5) is 29.0. The zero-order valence-corrected chi connectivity index (χ0v) is 11.7. The highest BCUT2D eigenvalue weighted by Crippen LogP contribution is 2.17. The van der Waals surface area contributed by atoms with Gasteiger partial charge in [0.05, 0.1) is 6.42 Å². The number of para-hydroxylation sites is 1. The van der Waals surface area contributed by atoms with Gasteiger partial charge in [-0.1, -0.05) is 18.2 Å². The average Bonchev–Trinajstić information content (AvgIpc) is 2.48. The number of carbonyl (C=O) groups is 2. The molecule has 2 aromatic rings. The maximum absolute atomic E-state index is 12.6. The number of amides is 1. The number of aromatic nitrogens is 1. The molecular weight excluding hydrogens is 268 g/mol. The van der Waals surface area contributed by atoms with Crippen LogP contribution < -0.4 is 4.90 Å². The molecule has 0 aliphatic carbocycles. The summed E-state index contributed by atoms with van der Waals surface area (Å²) in [6.45, 7) is 1.93. The molecule has 21 heavy (non-hydrogen) atoms. The lowest BCUT2D eigenvalue weighted by Crippen LogP contribution is -2.33. The summed E-state index contributed by atoms with van der Waals surface area (Å²) >= 11 is 0. The summed E-state index contributed by atoms with van der Waals surface area (Å²) in [6.07, 6.45) is 1.47. The minimum absolute atomic E-state index is 0.106. The molecule has 0 radical (unpaired) electrons. The SMILES string of the molecule is Cc1cc(C(=O)N(CCC(=O)O)c2ccccc2)ccn1. The van der Waals surface area contributed by atoms with E-state index < -0.39 is 5.97 Å². The van der Waals surface area contributed by atoms with Gasteiger partial charge in [0, 0.05) is 29.7 Å². The predicted octanol–water partition coefficient (Wildman–Crippen LogP) is 2.51. The van der Waals surface area contributed by atoms with Crippen molar-refractivity contribution in [1.29, 1.82) is 0 Å². The molecule has 0 saturated heterocycles. The summed E-state index contributed by atoms with van der Waals surface area (Å²) in [6, 6.07) is 12.4. The lowest BCUT2D eigenvalue weighted by atomic mass is 10.1. The minimum atomic E-state index is -0.936. The Labute approximate surface area is 122 Å². The Morgan fingerprint density at radius 2 is 1.90 bits per heavy atom. The number of rotatable bonds is 5. The zero-order chi connectivity index (χ0) is 15.2. The molecule has 0 spiro atoms. The fourth-order valence-corrected chi connectivity index (χ4v) is 2.00. The molecule has 0 saturated carbocycles. The predicted molar refractivity (Wildman–Crippen MR) is 79.3 cm³/mol. The second kappa shape index (κ2) is 6.65. The van der Waals surface area contributed by atoms with Gasteiger partial charge >= 0.3 is 5.97 Å². The van der Waals surface area contributed by atoms with E-state index in [2.05, 4.69) is 4.98 Å². The fraction of sp³-hybridized carbons (Fsp3) is 0.188. The molecule has 0 unspecified atom stereocenters. The van der Waals surface area contributed by atoms with Crippen molar-refractivity contribution in [3.63, 3.8) is 0 Å². The number of nitrogens with zero attached hydrogens (tertiary/aromatic N) is 2. The molecule has 1 amide bonds. The topological polar surface area (TPSA) is 70.5 Å². The molecule has 5 nitrogen and oxygen atoms in total. The van der Waals surface area contributed by atoms with E-state index in [1.54, 1.807) is 37.4 Å². The van der Waals surface area contributed by atoms with Gasteiger partial charge in [-0.25, -0.2) is 0 Å². The first-order chi connectivity index (χ1) is 10.1. The van der Waals surface area contributed by atoms with Crippen LogP contribution in [-0.4, -0.2) is 28.5 Å². The molecule has 108 valence electrons. The average molecular weight is 284 g/mol. The molecular formula is C16H16N2O3. The third-order valence-corrected chi connectivity index (χ3v) is 3.01. The van der Waals surface area contributed by atoms with E-state index in [9.17, 15) is 9.59 Å². The highest BCUT2D eigenvalue weighted by molar-refractivity contribution is 6.06. The van der Waals surface area contributed by atoms with Crippen molar-refractivity contribution in [2.24, 2.45) is 0 Å². The number of aryl methyl sites for hydroxylation is 1. The van der Waals surface area contributed by atoms with Gasteiger partial charge < -0.3 is 10.0 Å². The first-order valence-corrected chi connectivity index (χ1v) is 6.59. The molecule has 1 aromatic heterocycles. The summed E-state index contributed by atoms with van der Waals surface area (Å²) in [5, 5.41) is 8.86. The molecule has 0 fully saturated rings. The molecule has 0 atom stereocenters. The second-order valence-electron chi connectivity index (χ2n) is 4.62. The van der Waals surface area contributed by atoms with Crippen LogP contribution in [0.3, 0.4) is 0 Å². The number of pyridine rings is 1. The van der Waals surface area contributed by atoms with Crippen LogP contribution in [0.5, 0.6) is 0 Å². The fourth-order valence-electron chi connectivity index (χ4n) is 2.00. The van der Waals surface area contributed by atoms with Crippen molar-refractivity contribution in [2.75, 3.05) is 11.4 Å². The van der Waals surface area contributed by atoms with Crippen molar-refractivity contribution >= 4 is 17.6 Å². The van der Waals surface area contributed by atoms with Crippen LogP contribution in [0.25, 0.3) is 0 Å². The van der Waals surface area contributed by atoms with Crippen molar-refractivity contribution in [3.05, 3.63) is 59.9 Å². The largest absolute Gasteiger partial charge is 0.481 e. The number of carboxylic acid groups (broad SMARTS) is 1. The van der Waals surface area contributed by atoms with Gasteiger partial charge in [-0.3, -0.25) is 14.6 Å². The van der Waals surface area contributed by atoms with Crippen LogP contribution in [-0.2, 0) is 4.79 Å². The molecule has 1 N–H and O–H groups in total. The smallest absolute Gasteiger partial charge is 0.305 e. The van der Waals surface area contributed by atoms with E-state index in [1.807, 2.05) is 18.2 Å². The Morgan fingerprint density at radius 3 is 2.52 bits per heavy atom. The van der Waals surface area contributed by atoms with Crippen LogP contribution in [0.1, 0.15) is 22.5 Å². The Kier molecular flexibility index (Phi) is 4.66. The van der Waals surface area contributed by atoms with Gasteiger partial charge in [0.1, 0.15) is 0 Å². The van der Waals surface area contributed by atoms with Gasteiger partial charge in [-0.05, 0) is 31.2 Å². The monoisotopic (exact) mass is 284 g/mol. The standard InChI is InChI=1S/C16H16N2O3/c1-12-11-13(7-9-17-12)16(21)18(10-8-15(19)20)14-5-3-2-4-6-14/h2-7,9,11H,8,10H2,1H3,(H,19,20). The quantitative estimate of drug-likeness (QED) is 0.915. The highest BCUT2D eigenvalue weighted by atomic mass is 16.4. The van der Waals surface area contributed by atoms with Gasteiger partial charge in [0.2, 0.25) is 0 Å². The molecule has 1 aromatic carbocycles. The molecule has 0 bridgehead atoms. The van der Waals surface area contributed by atoms with Crippen molar-refractivity contribution < 1.29 is 14.7 Å². The first-order valence-electron chi connectivity index (χ1n) is 6.59. The Bertz CT molecular complexity index is 641. The summed E-state index contributed by atoms with van der Waals surface area (Å²) < 4.78 is 0. The van der Waals surface area contributed by atoms with Crippen LogP contribution in [0.4, 0.5) is 5.69 Å². The van der Waals surface area contributed by atoms with Gasteiger partial charge in [0.25, 0.3) is 5.91 Å². The highest BCUT2D eigenvalue weighted by Gasteiger charge is 2.18. The number of benzene rings is 1. The summed E-state index contributed by atoms with van der Waals surface area (Å²) in [5.41, 5.74) is 1.92. The maximum Gasteiger partial charge on any atom is 0.305 e. The van der Waals surface area contributed by atoms with Crippen LogP contribution in [0.2, 0.25) is 0 Å². The third-order valence-electron chi connectivity index (χ3n) is 3.01. The number of carboxylic acids is 1. The van der Waals surface area contributed by atoms with E-state index in [-0.39, 0.29) is 18.9 Å². The molecule has 5 heteroatoms. The number of hydrogen-bond acceptors (Lipinski definition) is 3. The van der Waals surface area contributed by atoms with Gasteiger partial charge in [-0.2, -0.15) is 0 Å². The Balaban J connectivity index is 2.30. The first kappa shape index (κ1) is 14.7. The molecule has 0 aliphatic rings. The summed E-state index contributed by atoms with van der Waals surface area (Å²) in [5.74, 6) is -1.16. The van der Waals surface area contributed by atoms with E-state index >= 15 is 0 Å². The Hall–Kier alpha value is -2.69. The Morgan fingerprint density at radius 1 is 1.19 bits per heavy atom. The molecule has 1 heterocycles. The van der Waals surface area contributed by atoms with Crippen LogP contribution in [0, 0.1) is 6.92 Å². The van der Waals surface area contributed by atoms with Crippen molar-refractivity contribution in [1.82, 2.24) is 4.98 Å². The van der Waals surface area contributed by atoms with E-state index in [4.69, 9.17) is 5.11 Å². The number of hydrogen-bond donors (Lipinski definition) is 1. The van der Waals surface area contributed by atoms with Gasteiger partial charge in [0.15, 0.2) is 0 Å². The van der Waals surface area contributed by atoms with Gasteiger partial charge in [-0.15, -0.1) is 0 Å². The molecule has 2 rings (SSSR count). The van der Waals surface area contributed by atoms with E-state index in [0.717, 1.165) is 5.69 Å². The maximum atomic E-state index is 12.6. The zero-order valence-electron chi connectivity index (χ0n) is 11.7. The van der Waals surface area contributed by atoms with E-state index in [0.29, 0.717) is 11.3 Å². The van der Waals surface area contributed by atoms with Crippen LogP contribution >= 0.6 is 0 Å². The van der Waals surface area contributed by atoms with Crippen molar-refractivity contribution in [3.8, 4) is 0 Å². The van der Waals surface area contributed by atoms with Crippen LogP contribution in [0.15, 0.2) is 48.7 Å². The van der Waals surface area contributed by atoms with E-state index in [1.165, 1.54) is 4.90 Å². The normalized spacial score (nSPS) is 10.1. The lowest BCUT2D eigenvalue weighted by molar-refractivity contribution is -0.136. The number of carbonyl (C=O) groups excluding carboxylic acids is 1. The number of aliphatic carboxylic acids is 1. The lowest BCUT2D eigenvalue weighted by Gasteiger charge is -2.22. The second-order valence-corrected chi connectivity index (χ2v) is 4.62. The summed E-state index contributed by atoms with van der Waals surface area (Å²) in [7, 11) is 0.